The summed E-state index contributed by atoms with van der Waals surface area (Å²) in [6, 6.07) is 9.90. The minimum Gasteiger partial charge on any atom is -0.368 e. The number of primary amides is 1. The first-order valence-electron chi connectivity index (χ1n) is 5.25. The number of nitrogens with one attached hydrogen (secondary N) is 1. The Hall–Kier alpha value is -1.35. The molecule has 0 bridgehead atoms. The Morgan fingerprint density at radius 1 is 1.40 bits per heavy atom. The highest BCUT2D eigenvalue weighted by Gasteiger charge is 2.15. The second kappa shape index (κ2) is 5.51. The van der Waals surface area contributed by atoms with Gasteiger partial charge in [0.05, 0.1) is 6.04 Å². The maximum atomic E-state index is 11.1. The maximum Gasteiger partial charge on any atom is 0.234 e. The average molecular weight is 206 g/mol. The van der Waals surface area contributed by atoms with E-state index in [9.17, 15) is 4.79 Å². The first kappa shape index (κ1) is 11.7. The van der Waals surface area contributed by atoms with Crippen LogP contribution in [-0.2, 0) is 4.79 Å². The Morgan fingerprint density at radius 3 is 2.47 bits per heavy atom. The lowest BCUT2D eigenvalue weighted by atomic mass is 10.1. The van der Waals surface area contributed by atoms with E-state index in [2.05, 4.69) is 5.32 Å². The van der Waals surface area contributed by atoms with E-state index < -0.39 is 0 Å². The molecule has 0 spiro atoms. The van der Waals surface area contributed by atoms with Gasteiger partial charge in [-0.1, -0.05) is 37.3 Å². The van der Waals surface area contributed by atoms with Crippen LogP contribution in [0.25, 0.3) is 0 Å². The van der Waals surface area contributed by atoms with Gasteiger partial charge >= 0.3 is 0 Å². The Kier molecular flexibility index (Phi) is 4.31. The van der Waals surface area contributed by atoms with E-state index in [1.54, 1.807) is 0 Å². The van der Waals surface area contributed by atoms with Crippen LogP contribution in [0.5, 0.6) is 0 Å². The Bertz CT molecular complexity index is 311. The minimum absolute atomic E-state index is 0.142. The Labute approximate surface area is 90.7 Å². The van der Waals surface area contributed by atoms with Gasteiger partial charge in [-0.25, -0.2) is 0 Å². The molecule has 0 fully saturated rings. The van der Waals surface area contributed by atoms with Crippen LogP contribution in [0.2, 0.25) is 0 Å². The van der Waals surface area contributed by atoms with Crippen molar-refractivity contribution in [1.29, 1.82) is 0 Å². The molecule has 0 heterocycles. The fourth-order valence-corrected chi connectivity index (χ4v) is 1.54. The van der Waals surface area contributed by atoms with Gasteiger partial charge in [-0.05, 0) is 18.9 Å². The molecule has 1 rings (SSSR count). The normalized spacial score (nSPS) is 14.5. The van der Waals surface area contributed by atoms with Gasteiger partial charge in [0.15, 0.2) is 0 Å². The second-order valence-electron chi connectivity index (χ2n) is 3.66. The lowest BCUT2D eigenvalue weighted by Crippen LogP contribution is -2.41. The molecular weight excluding hydrogens is 188 g/mol. The van der Waals surface area contributed by atoms with Gasteiger partial charge in [0.2, 0.25) is 5.91 Å². The second-order valence-corrected chi connectivity index (χ2v) is 3.66. The number of hydrogen-bond acceptors (Lipinski definition) is 2. The van der Waals surface area contributed by atoms with Gasteiger partial charge in [0, 0.05) is 6.04 Å². The fraction of sp³-hybridized carbons (Fsp3) is 0.417. The van der Waals surface area contributed by atoms with Gasteiger partial charge in [-0.3, -0.25) is 10.1 Å². The number of nitrogens with two attached hydrogens (primary N) is 1. The third-order valence-corrected chi connectivity index (χ3v) is 2.50. The molecule has 3 heteroatoms. The van der Waals surface area contributed by atoms with Crippen molar-refractivity contribution in [3.63, 3.8) is 0 Å². The molecule has 82 valence electrons. The zero-order chi connectivity index (χ0) is 11.3. The number of amides is 1. The van der Waals surface area contributed by atoms with E-state index in [0.717, 1.165) is 5.56 Å². The SMILES string of the molecule is CCC(N[C@H](C)c1ccccc1)C(N)=O. The Morgan fingerprint density at radius 2 is 2.00 bits per heavy atom. The monoisotopic (exact) mass is 206 g/mol. The molecule has 3 nitrogen and oxygen atoms in total. The molecule has 1 aromatic carbocycles. The van der Waals surface area contributed by atoms with Crippen LogP contribution in [0.1, 0.15) is 31.9 Å². The van der Waals surface area contributed by atoms with Crippen LogP contribution in [0.4, 0.5) is 0 Å². The van der Waals surface area contributed by atoms with E-state index in [4.69, 9.17) is 5.73 Å². The molecular formula is C12H18N2O. The highest BCUT2D eigenvalue weighted by Crippen LogP contribution is 2.12. The number of benzene rings is 1. The summed E-state index contributed by atoms with van der Waals surface area (Å²) in [6.07, 6.45) is 0.715. The molecule has 1 unspecified atom stereocenters. The van der Waals surface area contributed by atoms with Crippen molar-refractivity contribution in [2.24, 2.45) is 5.73 Å². The molecule has 0 aromatic heterocycles. The molecule has 2 atom stereocenters. The minimum atomic E-state index is -0.291. The van der Waals surface area contributed by atoms with Gasteiger partial charge in [0.1, 0.15) is 0 Å². The zero-order valence-electron chi connectivity index (χ0n) is 9.23. The van der Waals surface area contributed by atoms with Crippen LogP contribution in [0, 0.1) is 0 Å². The molecule has 15 heavy (non-hydrogen) atoms. The Balaban J connectivity index is 2.62. The maximum absolute atomic E-state index is 11.1. The van der Waals surface area contributed by atoms with Crippen molar-refractivity contribution in [1.82, 2.24) is 5.32 Å². The van der Waals surface area contributed by atoms with Crippen LogP contribution in [0.15, 0.2) is 30.3 Å². The zero-order valence-corrected chi connectivity index (χ0v) is 9.23. The molecule has 0 radical (unpaired) electrons. The number of carbonyl (C=O) groups is 1. The quantitative estimate of drug-likeness (QED) is 0.769. The standard InChI is InChI=1S/C12H18N2O/c1-3-11(12(13)15)14-9(2)10-7-5-4-6-8-10/h4-9,11,14H,3H2,1-2H3,(H2,13,15)/t9-,11?/m1/s1. The number of rotatable bonds is 5. The highest BCUT2D eigenvalue weighted by atomic mass is 16.1. The van der Waals surface area contributed by atoms with Gasteiger partial charge in [-0.15, -0.1) is 0 Å². The molecule has 3 N–H and O–H groups in total. The first-order valence-corrected chi connectivity index (χ1v) is 5.25. The summed E-state index contributed by atoms with van der Waals surface area (Å²) in [4.78, 5) is 11.1. The topological polar surface area (TPSA) is 55.1 Å². The molecule has 0 saturated carbocycles. The van der Waals surface area contributed by atoms with E-state index in [-0.39, 0.29) is 18.0 Å². The number of hydrogen-bond donors (Lipinski definition) is 2. The average Bonchev–Trinajstić information content (AvgIpc) is 2.26. The van der Waals surface area contributed by atoms with E-state index in [0.29, 0.717) is 6.42 Å². The summed E-state index contributed by atoms with van der Waals surface area (Å²) in [6.45, 7) is 3.97. The predicted octanol–water partition coefficient (Wildman–Crippen LogP) is 1.60. The van der Waals surface area contributed by atoms with Crippen molar-refractivity contribution in [3.8, 4) is 0 Å². The predicted molar refractivity (Wildman–Crippen MR) is 61.3 cm³/mol. The van der Waals surface area contributed by atoms with Crippen LogP contribution in [0.3, 0.4) is 0 Å². The van der Waals surface area contributed by atoms with Crippen LogP contribution in [-0.4, -0.2) is 11.9 Å². The summed E-state index contributed by atoms with van der Waals surface area (Å²) >= 11 is 0. The van der Waals surface area contributed by atoms with Crippen LogP contribution < -0.4 is 11.1 Å². The van der Waals surface area contributed by atoms with E-state index in [1.807, 2.05) is 44.2 Å². The van der Waals surface area contributed by atoms with Gasteiger partial charge in [0.25, 0.3) is 0 Å². The van der Waals surface area contributed by atoms with Crippen molar-refractivity contribution < 1.29 is 4.79 Å². The van der Waals surface area contributed by atoms with Gasteiger partial charge in [-0.2, -0.15) is 0 Å². The fourth-order valence-electron chi connectivity index (χ4n) is 1.54. The van der Waals surface area contributed by atoms with Crippen molar-refractivity contribution >= 4 is 5.91 Å². The molecule has 0 aliphatic heterocycles. The lowest BCUT2D eigenvalue weighted by molar-refractivity contribution is -0.120. The summed E-state index contributed by atoms with van der Waals surface area (Å²) in [7, 11) is 0. The highest BCUT2D eigenvalue weighted by molar-refractivity contribution is 5.79. The summed E-state index contributed by atoms with van der Waals surface area (Å²) < 4.78 is 0. The molecule has 1 amide bonds. The molecule has 0 saturated heterocycles. The third-order valence-electron chi connectivity index (χ3n) is 2.50. The van der Waals surface area contributed by atoms with Crippen molar-refractivity contribution in [3.05, 3.63) is 35.9 Å². The summed E-state index contributed by atoms with van der Waals surface area (Å²) in [5.41, 5.74) is 6.44. The smallest absolute Gasteiger partial charge is 0.234 e. The summed E-state index contributed by atoms with van der Waals surface area (Å²) in [5, 5.41) is 3.21. The largest absolute Gasteiger partial charge is 0.368 e. The molecule has 0 aliphatic rings. The molecule has 1 aromatic rings. The first-order chi connectivity index (χ1) is 7.15. The van der Waals surface area contributed by atoms with Crippen LogP contribution >= 0.6 is 0 Å². The van der Waals surface area contributed by atoms with E-state index >= 15 is 0 Å². The van der Waals surface area contributed by atoms with E-state index in [1.165, 1.54) is 0 Å². The number of carbonyl (C=O) groups excluding carboxylic acids is 1. The lowest BCUT2D eigenvalue weighted by Gasteiger charge is -2.19. The summed E-state index contributed by atoms with van der Waals surface area (Å²) in [5.74, 6) is -0.291. The van der Waals surface area contributed by atoms with Crippen molar-refractivity contribution in [2.45, 2.75) is 32.4 Å². The molecule has 0 aliphatic carbocycles. The van der Waals surface area contributed by atoms with Crippen molar-refractivity contribution in [2.75, 3.05) is 0 Å². The third kappa shape index (κ3) is 3.36. The van der Waals surface area contributed by atoms with Gasteiger partial charge < -0.3 is 5.73 Å².